The number of nitrogens with one attached hydrogen (secondary N) is 1. The smallest absolute Gasteiger partial charge is 0.157 e. The van der Waals surface area contributed by atoms with Crippen molar-refractivity contribution < 1.29 is 5.11 Å². The van der Waals surface area contributed by atoms with Crippen LogP contribution in [0.4, 0.5) is 11.5 Å². The summed E-state index contributed by atoms with van der Waals surface area (Å²) in [6.45, 7) is 0.616. The number of hydrogen-bond donors (Lipinski definition) is 3. The quantitative estimate of drug-likeness (QED) is 0.734. The zero-order valence-electron chi connectivity index (χ0n) is 9.60. The van der Waals surface area contributed by atoms with Crippen LogP contribution in [0.5, 0.6) is 0 Å². The second kappa shape index (κ2) is 5.66. The monoisotopic (exact) mass is 264 g/mol. The van der Waals surface area contributed by atoms with E-state index in [9.17, 15) is 0 Å². The first kappa shape index (κ1) is 12.6. The van der Waals surface area contributed by atoms with Crippen LogP contribution in [0.3, 0.4) is 0 Å². The Kier molecular flexibility index (Phi) is 3.96. The molecule has 0 unspecified atom stereocenters. The molecule has 2 aromatic rings. The van der Waals surface area contributed by atoms with Gasteiger partial charge >= 0.3 is 0 Å². The van der Waals surface area contributed by atoms with Gasteiger partial charge in [0.05, 0.1) is 6.61 Å². The molecule has 0 spiro atoms. The number of anilines is 2. The summed E-state index contributed by atoms with van der Waals surface area (Å²) in [7, 11) is 0. The number of aliphatic hydroxyl groups is 1. The van der Waals surface area contributed by atoms with Gasteiger partial charge in [-0.1, -0.05) is 35.9 Å². The van der Waals surface area contributed by atoms with Crippen molar-refractivity contribution in [3.8, 4) is 0 Å². The molecule has 4 N–H and O–H groups in total. The Balaban J connectivity index is 2.04. The van der Waals surface area contributed by atoms with E-state index in [2.05, 4.69) is 15.3 Å². The first-order valence-corrected chi connectivity index (χ1v) is 5.77. The van der Waals surface area contributed by atoms with E-state index in [1.54, 1.807) is 0 Å². The lowest BCUT2D eigenvalue weighted by atomic mass is 10.1. The average Bonchev–Trinajstić information content (AvgIpc) is 2.41. The van der Waals surface area contributed by atoms with Crippen LogP contribution < -0.4 is 11.1 Å². The minimum atomic E-state index is 0.0438. The van der Waals surface area contributed by atoms with Crippen molar-refractivity contribution in [1.82, 2.24) is 9.97 Å². The lowest BCUT2D eigenvalue weighted by Crippen LogP contribution is -2.05. The fraction of sp³-hybridized carbons (Fsp3) is 0.167. The van der Waals surface area contributed by atoms with Gasteiger partial charge in [0.25, 0.3) is 0 Å². The van der Waals surface area contributed by atoms with Crippen LogP contribution in [0.25, 0.3) is 0 Å². The molecular weight excluding hydrogens is 252 g/mol. The summed E-state index contributed by atoms with van der Waals surface area (Å²) >= 11 is 5.79. The number of hydrogen-bond acceptors (Lipinski definition) is 5. The Morgan fingerprint density at radius 1 is 1.17 bits per heavy atom. The van der Waals surface area contributed by atoms with Crippen LogP contribution >= 0.6 is 11.6 Å². The molecule has 0 radical (unpaired) electrons. The molecule has 18 heavy (non-hydrogen) atoms. The highest BCUT2D eigenvalue weighted by Gasteiger charge is 2.05. The lowest BCUT2D eigenvalue weighted by Gasteiger charge is -2.08. The van der Waals surface area contributed by atoms with E-state index in [0.29, 0.717) is 18.1 Å². The number of aliphatic hydroxyl groups excluding tert-OH is 1. The van der Waals surface area contributed by atoms with Gasteiger partial charge in [0.2, 0.25) is 0 Å². The molecule has 0 aliphatic heterocycles. The third kappa shape index (κ3) is 2.88. The largest absolute Gasteiger partial charge is 0.393 e. The Hall–Kier alpha value is -1.85. The highest BCUT2D eigenvalue weighted by Crippen LogP contribution is 2.22. The molecule has 0 aliphatic carbocycles. The van der Waals surface area contributed by atoms with Crippen LogP contribution in [0.1, 0.15) is 11.1 Å². The van der Waals surface area contributed by atoms with Crippen LogP contribution in [-0.2, 0) is 13.2 Å². The van der Waals surface area contributed by atoms with Crippen molar-refractivity contribution in [1.29, 1.82) is 0 Å². The molecule has 1 aromatic heterocycles. The maximum Gasteiger partial charge on any atom is 0.157 e. The third-order valence-corrected chi connectivity index (χ3v) is 2.80. The standard InChI is InChI=1S/C12H13ClN4O/c13-11-10(14)12(17-7-16-11)15-5-8-1-3-9(6-18)4-2-8/h1-4,7,18H,5-6,14H2,(H,15,16,17). The van der Waals surface area contributed by atoms with Gasteiger partial charge in [-0.05, 0) is 11.1 Å². The molecule has 0 amide bonds. The molecule has 0 fully saturated rings. The van der Waals surface area contributed by atoms with Gasteiger partial charge in [-0.15, -0.1) is 0 Å². The van der Waals surface area contributed by atoms with Gasteiger partial charge in [-0.25, -0.2) is 9.97 Å². The minimum Gasteiger partial charge on any atom is -0.393 e. The van der Waals surface area contributed by atoms with Crippen molar-refractivity contribution in [2.45, 2.75) is 13.2 Å². The second-order valence-corrected chi connectivity index (χ2v) is 4.11. The number of aromatic nitrogens is 2. The molecule has 0 saturated heterocycles. The van der Waals surface area contributed by atoms with Crippen LogP contribution in [0.15, 0.2) is 30.6 Å². The van der Waals surface area contributed by atoms with Gasteiger partial charge < -0.3 is 16.2 Å². The normalized spacial score (nSPS) is 10.3. The molecule has 1 aromatic carbocycles. The molecule has 0 atom stereocenters. The average molecular weight is 265 g/mol. The highest BCUT2D eigenvalue weighted by molar-refractivity contribution is 6.32. The zero-order valence-corrected chi connectivity index (χ0v) is 10.4. The zero-order chi connectivity index (χ0) is 13.0. The van der Waals surface area contributed by atoms with Crippen LogP contribution in [0.2, 0.25) is 5.15 Å². The maximum absolute atomic E-state index is 8.94. The predicted octanol–water partition coefficient (Wildman–Crippen LogP) is 1.82. The van der Waals surface area contributed by atoms with E-state index >= 15 is 0 Å². The van der Waals surface area contributed by atoms with Crippen molar-refractivity contribution in [2.24, 2.45) is 0 Å². The van der Waals surface area contributed by atoms with Crippen LogP contribution in [0, 0.1) is 0 Å². The summed E-state index contributed by atoms with van der Waals surface area (Å²) < 4.78 is 0. The van der Waals surface area contributed by atoms with Crippen molar-refractivity contribution in [3.63, 3.8) is 0 Å². The first-order chi connectivity index (χ1) is 8.70. The van der Waals surface area contributed by atoms with E-state index < -0.39 is 0 Å². The number of rotatable bonds is 4. The Morgan fingerprint density at radius 3 is 2.50 bits per heavy atom. The van der Waals surface area contributed by atoms with E-state index in [0.717, 1.165) is 11.1 Å². The molecule has 0 bridgehead atoms. The van der Waals surface area contributed by atoms with Crippen molar-refractivity contribution in [2.75, 3.05) is 11.1 Å². The lowest BCUT2D eigenvalue weighted by molar-refractivity contribution is 0.282. The summed E-state index contributed by atoms with van der Waals surface area (Å²) in [6, 6.07) is 7.59. The van der Waals surface area contributed by atoms with Gasteiger partial charge in [0.15, 0.2) is 11.0 Å². The van der Waals surface area contributed by atoms with E-state index in [-0.39, 0.29) is 11.8 Å². The van der Waals surface area contributed by atoms with Crippen LogP contribution in [-0.4, -0.2) is 15.1 Å². The van der Waals surface area contributed by atoms with E-state index in [4.69, 9.17) is 22.4 Å². The Morgan fingerprint density at radius 2 is 1.83 bits per heavy atom. The highest BCUT2D eigenvalue weighted by atomic mass is 35.5. The molecule has 6 heteroatoms. The maximum atomic E-state index is 8.94. The van der Waals surface area contributed by atoms with Crippen molar-refractivity contribution in [3.05, 3.63) is 46.9 Å². The van der Waals surface area contributed by atoms with Gasteiger partial charge in [0.1, 0.15) is 12.0 Å². The summed E-state index contributed by atoms with van der Waals surface area (Å²) in [6.07, 6.45) is 1.36. The SMILES string of the molecule is Nc1c(Cl)ncnc1NCc1ccc(CO)cc1. The summed E-state index contributed by atoms with van der Waals surface area (Å²) in [5.41, 5.74) is 8.01. The number of halogens is 1. The predicted molar refractivity (Wildman–Crippen MR) is 71.1 cm³/mol. The number of nitrogen functional groups attached to an aromatic ring is 1. The molecule has 5 nitrogen and oxygen atoms in total. The van der Waals surface area contributed by atoms with Crippen molar-refractivity contribution >= 4 is 23.1 Å². The second-order valence-electron chi connectivity index (χ2n) is 3.75. The number of nitrogens with two attached hydrogens (primary N) is 1. The molecule has 94 valence electrons. The third-order valence-electron chi connectivity index (χ3n) is 2.50. The first-order valence-electron chi connectivity index (χ1n) is 5.39. The number of benzene rings is 1. The molecular formula is C12H13ClN4O. The molecule has 1 heterocycles. The van der Waals surface area contributed by atoms with Gasteiger partial charge in [0, 0.05) is 6.54 Å². The Bertz CT molecular complexity index is 530. The Labute approximate surface area is 110 Å². The van der Waals surface area contributed by atoms with Gasteiger partial charge in [-0.3, -0.25) is 0 Å². The fourth-order valence-corrected chi connectivity index (χ4v) is 1.60. The molecule has 0 aliphatic rings. The fourth-order valence-electron chi connectivity index (χ4n) is 1.46. The molecule has 0 saturated carbocycles. The number of nitrogens with zero attached hydrogens (tertiary/aromatic N) is 2. The topological polar surface area (TPSA) is 84.1 Å². The summed E-state index contributed by atoms with van der Waals surface area (Å²) in [4.78, 5) is 7.79. The molecule has 2 rings (SSSR count). The summed E-state index contributed by atoms with van der Waals surface area (Å²) in [5.74, 6) is 0.515. The van der Waals surface area contributed by atoms with E-state index in [1.165, 1.54) is 6.33 Å². The van der Waals surface area contributed by atoms with E-state index in [1.807, 2.05) is 24.3 Å². The minimum absolute atomic E-state index is 0.0438. The van der Waals surface area contributed by atoms with Gasteiger partial charge in [-0.2, -0.15) is 0 Å². The summed E-state index contributed by atoms with van der Waals surface area (Å²) in [5, 5.41) is 12.3.